The first-order valence-corrected chi connectivity index (χ1v) is 19.2. The SMILES string of the molecule is C=CCOC12Oc3ccc(O)cc3C3C(CCCCO)C(CCCCO)C=C(C(=NOCC)CC1N(Cc1ccc(F)cc1)C(=O)c1ccc(C#N)cc1)C32. The lowest BCUT2D eigenvalue weighted by Crippen LogP contribution is -2.70. The van der Waals surface area contributed by atoms with Gasteiger partial charge in [0.1, 0.15) is 30.0 Å². The second kappa shape index (κ2) is 18.1. The second-order valence-electron chi connectivity index (χ2n) is 14.5. The van der Waals surface area contributed by atoms with E-state index in [2.05, 4.69) is 18.7 Å². The Balaban J connectivity index is 1.61. The molecule has 1 heterocycles. The van der Waals surface area contributed by atoms with Crippen LogP contribution in [0.1, 0.15) is 84.8 Å². The molecule has 6 atom stereocenters. The summed E-state index contributed by atoms with van der Waals surface area (Å²) in [6.07, 6.45) is 8.48. The maximum absolute atomic E-state index is 15.0. The van der Waals surface area contributed by atoms with Crippen molar-refractivity contribution in [3.63, 3.8) is 0 Å². The molecule has 3 aliphatic rings. The summed E-state index contributed by atoms with van der Waals surface area (Å²) in [5.41, 5.74) is 3.77. The van der Waals surface area contributed by atoms with Gasteiger partial charge in [0, 0.05) is 43.2 Å². The van der Waals surface area contributed by atoms with Gasteiger partial charge in [-0.25, -0.2) is 4.39 Å². The molecular formula is C44H50FN3O7. The lowest BCUT2D eigenvalue weighted by Gasteiger charge is -2.60. The smallest absolute Gasteiger partial charge is 0.254 e. The van der Waals surface area contributed by atoms with E-state index in [9.17, 15) is 29.8 Å². The lowest BCUT2D eigenvalue weighted by atomic mass is 9.55. The standard InChI is InChI=1S/C44H50FN3O7/c1-3-23-53-44-40(48(28-30-13-17-33(45)18-14-30)43(52)31-15-11-29(27-46)12-16-31)26-38(47-54-4-2)36-24-32(9-5-7-21-49)35(10-6-8-22-50)41(42(36)44)37-25-34(51)19-20-39(37)55-44/h3,11-20,24-25,32,35,40-42,49-51H,1,4-10,21-23,26,28H2,2H3. The molecule has 0 radical (unpaired) electrons. The van der Waals surface area contributed by atoms with E-state index >= 15 is 0 Å². The predicted octanol–water partition coefficient (Wildman–Crippen LogP) is 7.40. The molecule has 2 aliphatic carbocycles. The number of carbonyl (C=O) groups is 1. The maximum atomic E-state index is 15.0. The van der Waals surface area contributed by atoms with Crippen molar-refractivity contribution in [1.29, 1.82) is 5.26 Å². The molecule has 6 rings (SSSR count). The van der Waals surface area contributed by atoms with E-state index in [1.807, 2.05) is 6.92 Å². The minimum absolute atomic E-state index is 0.00187. The average molecular weight is 752 g/mol. The molecule has 1 aliphatic heterocycles. The average Bonchev–Trinajstić information content (AvgIpc) is 3.20. The number of fused-ring (bicyclic) bond motifs is 2. The van der Waals surface area contributed by atoms with Gasteiger partial charge in [-0.05, 0) is 110 Å². The van der Waals surface area contributed by atoms with Gasteiger partial charge in [0.15, 0.2) is 0 Å². The molecule has 3 aromatic rings. The van der Waals surface area contributed by atoms with Crippen LogP contribution < -0.4 is 4.74 Å². The van der Waals surface area contributed by atoms with Crippen LogP contribution in [0.25, 0.3) is 0 Å². The molecule has 1 saturated carbocycles. The van der Waals surface area contributed by atoms with E-state index in [4.69, 9.17) is 19.5 Å². The number of benzene rings is 3. The van der Waals surface area contributed by atoms with Gasteiger partial charge in [0.2, 0.25) is 5.79 Å². The fraction of sp³-hybridized carbons (Fsp3) is 0.432. The third-order valence-corrected chi connectivity index (χ3v) is 11.1. The van der Waals surface area contributed by atoms with Crippen LogP contribution in [0.2, 0.25) is 0 Å². The zero-order chi connectivity index (χ0) is 39.0. The number of phenolic OH excluding ortho intramolecular Hbond substituents is 1. The summed E-state index contributed by atoms with van der Waals surface area (Å²) in [4.78, 5) is 22.5. The molecule has 1 amide bonds. The minimum Gasteiger partial charge on any atom is -0.508 e. The number of hydrogen-bond donors (Lipinski definition) is 3. The highest BCUT2D eigenvalue weighted by molar-refractivity contribution is 6.03. The molecule has 6 unspecified atom stereocenters. The monoisotopic (exact) mass is 751 g/mol. The first-order chi connectivity index (χ1) is 26.8. The minimum atomic E-state index is -1.51. The van der Waals surface area contributed by atoms with E-state index in [0.29, 0.717) is 47.6 Å². The van der Waals surface area contributed by atoms with Crippen molar-refractivity contribution in [3.05, 3.63) is 119 Å². The molecule has 3 N–H and O–H groups in total. The van der Waals surface area contributed by atoms with Gasteiger partial charge in [-0.3, -0.25) is 4.79 Å². The summed E-state index contributed by atoms with van der Waals surface area (Å²) in [5, 5.41) is 44.7. The third kappa shape index (κ3) is 8.32. The highest BCUT2D eigenvalue weighted by Gasteiger charge is 2.65. The highest BCUT2D eigenvalue weighted by atomic mass is 19.1. The van der Waals surface area contributed by atoms with Gasteiger partial charge in [-0.2, -0.15) is 5.26 Å². The quantitative estimate of drug-likeness (QED) is 0.0736. The number of aromatic hydroxyl groups is 1. The first-order valence-electron chi connectivity index (χ1n) is 19.2. The number of oxime groups is 1. The molecule has 0 bridgehead atoms. The normalized spacial score (nSPS) is 24.5. The van der Waals surface area contributed by atoms with Crippen LogP contribution in [0.15, 0.2) is 96.2 Å². The number of rotatable bonds is 17. The Morgan fingerprint density at radius 1 is 1.07 bits per heavy atom. The van der Waals surface area contributed by atoms with Crippen LogP contribution in [0.4, 0.5) is 4.39 Å². The molecule has 0 spiro atoms. The predicted molar refractivity (Wildman–Crippen MR) is 206 cm³/mol. The summed E-state index contributed by atoms with van der Waals surface area (Å²) in [6, 6.07) is 18.8. The van der Waals surface area contributed by atoms with Gasteiger partial charge in [-0.1, -0.05) is 42.3 Å². The number of aliphatic hydroxyl groups excluding tert-OH is 2. The lowest BCUT2D eigenvalue weighted by molar-refractivity contribution is -0.255. The molecule has 0 aromatic heterocycles. The summed E-state index contributed by atoms with van der Waals surface area (Å²) < 4.78 is 28.3. The van der Waals surface area contributed by atoms with Gasteiger partial charge in [0.25, 0.3) is 5.91 Å². The van der Waals surface area contributed by atoms with E-state index in [1.54, 1.807) is 65.6 Å². The Bertz CT molecular complexity index is 1910. The molecular weight excluding hydrogens is 701 g/mol. The van der Waals surface area contributed by atoms with Gasteiger partial charge >= 0.3 is 0 Å². The molecule has 290 valence electrons. The molecule has 10 nitrogen and oxygen atoms in total. The van der Waals surface area contributed by atoms with Crippen LogP contribution in [0.5, 0.6) is 11.5 Å². The van der Waals surface area contributed by atoms with Crippen molar-refractivity contribution >= 4 is 11.6 Å². The Hall–Kier alpha value is -5.02. The van der Waals surface area contributed by atoms with Crippen LogP contribution in [0.3, 0.4) is 0 Å². The number of unbranched alkanes of at least 4 members (excludes halogenated alkanes) is 2. The van der Waals surface area contributed by atoms with Crippen LogP contribution in [0, 0.1) is 34.9 Å². The van der Waals surface area contributed by atoms with E-state index in [1.165, 1.54) is 12.1 Å². The Morgan fingerprint density at radius 2 is 1.80 bits per heavy atom. The zero-order valence-corrected chi connectivity index (χ0v) is 31.3. The van der Waals surface area contributed by atoms with Gasteiger partial charge in [0.05, 0.1) is 29.9 Å². The highest BCUT2D eigenvalue weighted by Crippen LogP contribution is 2.62. The topological polar surface area (TPSA) is 145 Å². The van der Waals surface area contributed by atoms with Crippen molar-refractivity contribution in [2.24, 2.45) is 22.9 Å². The fourth-order valence-electron chi connectivity index (χ4n) is 8.76. The Kier molecular flexibility index (Phi) is 13.0. The van der Waals surface area contributed by atoms with E-state index in [0.717, 1.165) is 36.8 Å². The van der Waals surface area contributed by atoms with Crippen molar-refractivity contribution in [2.75, 3.05) is 26.4 Å². The number of halogens is 1. The number of nitrogens with zero attached hydrogens (tertiary/aromatic N) is 3. The largest absolute Gasteiger partial charge is 0.508 e. The van der Waals surface area contributed by atoms with Crippen LogP contribution >= 0.6 is 0 Å². The first kappa shape index (κ1) is 39.7. The molecule has 0 saturated heterocycles. The third-order valence-electron chi connectivity index (χ3n) is 11.1. The van der Waals surface area contributed by atoms with Gasteiger partial charge in [-0.15, -0.1) is 6.58 Å². The number of hydrogen-bond acceptors (Lipinski definition) is 9. The second-order valence-corrected chi connectivity index (χ2v) is 14.5. The number of allylic oxidation sites excluding steroid dienone is 1. The molecule has 3 aromatic carbocycles. The van der Waals surface area contributed by atoms with Crippen LogP contribution in [-0.4, -0.2) is 70.1 Å². The number of aliphatic hydroxyl groups is 2. The summed E-state index contributed by atoms with van der Waals surface area (Å²) in [6.45, 7) is 6.44. The summed E-state index contributed by atoms with van der Waals surface area (Å²) in [7, 11) is 0. The van der Waals surface area contributed by atoms with Crippen LogP contribution in [-0.2, 0) is 16.1 Å². The maximum Gasteiger partial charge on any atom is 0.254 e. The molecule has 11 heteroatoms. The number of amides is 1. The molecule has 55 heavy (non-hydrogen) atoms. The number of ether oxygens (including phenoxy) is 2. The van der Waals surface area contributed by atoms with Crippen molar-refractivity contribution in [3.8, 4) is 17.6 Å². The number of carbonyl (C=O) groups excluding carboxylic acids is 1. The Morgan fingerprint density at radius 3 is 2.47 bits per heavy atom. The van der Waals surface area contributed by atoms with E-state index < -0.39 is 23.6 Å². The van der Waals surface area contributed by atoms with E-state index in [-0.39, 0.29) is 62.2 Å². The number of nitriles is 1. The van der Waals surface area contributed by atoms with Crippen molar-refractivity contribution in [2.45, 2.75) is 76.2 Å². The summed E-state index contributed by atoms with van der Waals surface area (Å²) in [5.74, 6) is -2.43. The fourth-order valence-corrected chi connectivity index (χ4v) is 8.76. The van der Waals surface area contributed by atoms with Gasteiger partial charge < -0.3 is 34.5 Å². The molecule has 1 fully saturated rings. The van der Waals surface area contributed by atoms with Crippen molar-refractivity contribution < 1.29 is 38.8 Å². The zero-order valence-electron chi connectivity index (χ0n) is 31.3. The Labute approximate surface area is 322 Å². The summed E-state index contributed by atoms with van der Waals surface area (Å²) >= 11 is 0. The van der Waals surface area contributed by atoms with Crippen molar-refractivity contribution in [1.82, 2.24) is 4.90 Å². The number of phenols is 1.